The first kappa shape index (κ1) is 12.9. The van der Waals surface area contributed by atoms with E-state index >= 15 is 0 Å². The molecule has 2 aromatic rings. The molecule has 1 aliphatic carbocycles. The summed E-state index contributed by atoms with van der Waals surface area (Å²) >= 11 is 0. The van der Waals surface area contributed by atoms with E-state index in [0.717, 1.165) is 11.4 Å². The first-order valence-corrected chi connectivity index (χ1v) is 7.11. The van der Waals surface area contributed by atoms with Crippen LogP contribution < -0.4 is 0 Å². The predicted molar refractivity (Wildman–Crippen MR) is 76.3 cm³/mol. The number of imidazole rings is 1. The van der Waals surface area contributed by atoms with Crippen LogP contribution in [0.4, 0.5) is 0 Å². The van der Waals surface area contributed by atoms with Crippen molar-refractivity contribution < 1.29 is 9.90 Å². The van der Waals surface area contributed by atoms with E-state index in [1.54, 1.807) is 24.5 Å². The molecule has 1 aromatic carbocycles. The smallest absolute Gasteiger partial charge is 0.335 e. The van der Waals surface area contributed by atoms with Gasteiger partial charge >= 0.3 is 5.97 Å². The Morgan fingerprint density at radius 3 is 2.80 bits per heavy atom. The van der Waals surface area contributed by atoms with E-state index in [-0.39, 0.29) is 0 Å². The van der Waals surface area contributed by atoms with Gasteiger partial charge in [0.25, 0.3) is 0 Å². The molecule has 0 aliphatic heterocycles. The van der Waals surface area contributed by atoms with Crippen LogP contribution in [0, 0.1) is 0 Å². The van der Waals surface area contributed by atoms with Gasteiger partial charge in [0.15, 0.2) is 0 Å². The molecule has 1 N–H and O–H groups in total. The lowest BCUT2D eigenvalue weighted by Gasteiger charge is -2.19. The van der Waals surface area contributed by atoms with Gasteiger partial charge in [-0.2, -0.15) is 0 Å². The molecule has 20 heavy (non-hydrogen) atoms. The molecule has 4 heteroatoms. The van der Waals surface area contributed by atoms with E-state index in [1.165, 1.54) is 32.1 Å². The molecular formula is C16H18N2O2. The number of aromatic carboxylic acids is 1. The van der Waals surface area contributed by atoms with Crippen molar-refractivity contribution in [1.82, 2.24) is 9.55 Å². The van der Waals surface area contributed by atoms with Crippen LogP contribution in [-0.4, -0.2) is 20.6 Å². The minimum atomic E-state index is -0.903. The molecule has 0 saturated heterocycles. The molecule has 1 saturated carbocycles. The number of aromatic nitrogens is 2. The second-order valence-electron chi connectivity index (χ2n) is 5.40. The average Bonchev–Trinajstić information content (AvgIpc) is 2.98. The molecule has 0 atom stereocenters. The Labute approximate surface area is 118 Å². The second kappa shape index (κ2) is 5.49. The Balaban J connectivity index is 1.85. The van der Waals surface area contributed by atoms with Gasteiger partial charge in [0.05, 0.1) is 17.6 Å². The number of benzene rings is 1. The van der Waals surface area contributed by atoms with Crippen LogP contribution in [0.2, 0.25) is 0 Å². The van der Waals surface area contributed by atoms with Gasteiger partial charge in [0.1, 0.15) is 0 Å². The second-order valence-corrected chi connectivity index (χ2v) is 5.40. The number of carboxylic acid groups (broad SMARTS) is 1. The molecule has 0 spiro atoms. The molecule has 104 valence electrons. The largest absolute Gasteiger partial charge is 0.478 e. The van der Waals surface area contributed by atoms with Crippen molar-refractivity contribution in [2.75, 3.05) is 0 Å². The van der Waals surface area contributed by atoms with Crippen molar-refractivity contribution >= 4 is 5.97 Å². The lowest BCUT2D eigenvalue weighted by Crippen LogP contribution is -2.04. The molecule has 4 nitrogen and oxygen atoms in total. The topological polar surface area (TPSA) is 55.1 Å². The molecule has 1 heterocycles. The third kappa shape index (κ3) is 2.59. The zero-order valence-electron chi connectivity index (χ0n) is 11.3. The summed E-state index contributed by atoms with van der Waals surface area (Å²) in [6, 6.07) is 6.94. The molecular weight excluding hydrogens is 252 g/mol. The highest BCUT2D eigenvalue weighted by Gasteiger charge is 2.18. The molecule has 0 bridgehead atoms. The van der Waals surface area contributed by atoms with Crippen LogP contribution in [0.15, 0.2) is 36.8 Å². The predicted octanol–water partition coefficient (Wildman–Crippen LogP) is 3.62. The summed E-state index contributed by atoms with van der Waals surface area (Å²) in [6.45, 7) is 0. The number of carboxylic acids is 1. The Morgan fingerprint density at radius 1 is 1.25 bits per heavy atom. The minimum Gasteiger partial charge on any atom is -0.478 e. The lowest BCUT2D eigenvalue weighted by molar-refractivity contribution is 0.0697. The zero-order valence-corrected chi connectivity index (χ0v) is 11.3. The van der Waals surface area contributed by atoms with Crippen LogP contribution in [0.1, 0.15) is 54.1 Å². The molecule has 3 rings (SSSR count). The van der Waals surface area contributed by atoms with Gasteiger partial charge in [-0.3, -0.25) is 0 Å². The summed E-state index contributed by atoms with van der Waals surface area (Å²) < 4.78 is 1.91. The Bertz CT molecular complexity index is 612. The fraction of sp³-hybridized carbons (Fsp3) is 0.375. The van der Waals surface area contributed by atoms with Gasteiger partial charge in [0.2, 0.25) is 0 Å². The maximum Gasteiger partial charge on any atom is 0.335 e. The van der Waals surface area contributed by atoms with Gasteiger partial charge in [-0.15, -0.1) is 0 Å². The van der Waals surface area contributed by atoms with Crippen molar-refractivity contribution in [2.24, 2.45) is 0 Å². The first-order chi connectivity index (χ1) is 9.74. The highest BCUT2D eigenvalue weighted by atomic mass is 16.4. The average molecular weight is 270 g/mol. The number of rotatable bonds is 3. The van der Waals surface area contributed by atoms with Crippen LogP contribution in [0.5, 0.6) is 0 Å². The molecule has 1 fully saturated rings. The minimum absolute atomic E-state index is 0.301. The zero-order chi connectivity index (χ0) is 13.9. The van der Waals surface area contributed by atoms with Gasteiger partial charge in [-0.05, 0) is 31.0 Å². The van der Waals surface area contributed by atoms with Crippen molar-refractivity contribution in [2.45, 2.75) is 38.0 Å². The number of hydrogen-bond acceptors (Lipinski definition) is 2. The number of carbonyl (C=O) groups is 1. The Kier molecular flexibility index (Phi) is 3.54. The molecule has 0 unspecified atom stereocenters. The van der Waals surface area contributed by atoms with Crippen LogP contribution in [0.25, 0.3) is 5.69 Å². The van der Waals surface area contributed by atoms with Gasteiger partial charge < -0.3 is 9.67 Å². The quantitative estimate of drug-likeness (QED) is 0.926. The van der Waals surface area contributed by atoms with Crippen LogP contribution >= 0.6 is 0 Å². The SMILES string of the molecule is O=C(O)c1cccc(-n2cnc(C3CCCCC3)c2)c1. The van der Waals surface area contributed by atoms with Crippen molar-refractivity contribution in [3.05, 3.63) is 48.0 Å². The third-order valence-corrected chi connectivity index (χ3v) is 4.02. The van der Waals surface area contributed by atoms with Gasteiger partial charge in [0, 0.05) is 17.8 Å². The highest BCUT2D eigenvalue weighted by Crippen LogP contribution is 2.31. The normalized spacial score (nSPS) is 16.2. The van der Waals surface area contributed by atoms with E-state index in [1.807, 2.05) is 16.8 Å². The van der Waals surface area contributed by atoms with Crippen LogP contribution in [0.3, 0.4) is 0 Å². The number of nitrogens with zero attached hydrogens (tertiary/aromatic N) is 2. The molecule has 0 amide bonds. The van der Waals surface area contributed by atoms with E-state index in [0.29, 0.717) is 11.5 Å². The lowest BCUT2D eigenvalue weighted by atomic mass is 9.87. The summed E-state index contributed by atoms with van der Waals surface area (Å²) in [4.78, 5) is 15.5. The summed E-state index contributed by atoms with van der Waals surface area (Å²) in [6.07, 6.45) is 10.1. The molecule has 0 radical (unpaired) electrons. The van der Waals surface area contributed by atoms with Crippen molar-refractivity contribution in [1.29, 1.82) is 0 Å². The van der Waals surface area contributed by atoms with Crippen molar-refractivity contribution in [3.8, 4) is 5.69 Å². The van der Waals surface area contributed by atoms with E-state index in [4.69, 9.17) is 5.11 Å². The number of hydrogen-bond donors (Lipinski definition) is 1. The fourth-order valence-electron chi connectivity index (χ4n) is 2.89. The molecule has 1 aliphatic rings. The van der Waals surface area contributed by atoms with E-state index in [2.05, 4.69) is 4.98 Å². The maximum atomic E-state index is 11.0. The monoisotopic (exact) mass is 270 g/mol. The van der Waals surface area contributed by atoms with Gasteiger partial charge in [-0.1, -0.05) is 25.3 Å². The third-order valence-electron chi connectivity index (χ3n) is 4.02. The summed E-state index contributed by atoms with van der Waals surface area (Å²) in [5, 5.41) is 9.04. The van der Waals surface area contributed by atoms with E-state index < -0.39 is 5.97 Å². The first-order valence-electron chi connectivity index (χ1n) is 7.11. The summed E-state index contributed by atoms with van der Waals surface area (Å²) in [5.74, 6) is -0.341. The van der Waals surface area contributed by atoms with E-state index in [9.17, 15) is 4.79 Å². The summed E-state index contributed by atoms with van der Waals surface area (Å²) in [5.41, 5.74) is 2.28. The van der Waals surface area contributed by atoms with Crippen LogP contribution in [-0.2, 0) is 0 Å². The Morgan fingerprint density at radius 2 is 2.05 bits per heavy atom. The summed E-state index contributed by atoms with van der Waals surface area (Å²) in [7, 11) is 0. The fourth-order valence-corrected chi connectivity index (χ4v) is 2.89. The van der Waals surface area contributed by atoms with Gasteiger partial charge in [-0.25, -0.2) is 9.78 Å². The maximum absolute atomic E-state index is 11.0. The molecule has 1 aromatic heterocycles. The Hall–Kier alpha value is -2.10. The standard InChI is InChI=1S/C16H18N2O2/c19-16(20)13-7-4-8-14(9-13)18-10-15(17-11-18)12-5-2-1-3-6-12/h4,7-12H,1-3,5-6H2,(H,19,20). The highest BCUT2D eigenvalue weighted by molar-refractivity contribution is 5.88. The van der Waals surface area contributed by atoms with Crippen molar-refractivity contribution in [3.63, 3.8) is 0 Å².